The first-order valence-corrected chi connectivity index (χ1v) is 6.24. The topological polar surface area (TPSA) is 70.2 Å². The minimum atomic E-state index is -0.946. The fourth-order valence-corrected chi connectivity index (χ4v) is 2.49. The second-order valence-electron chi connectivity index (χ2n) is 4.95. The van der Waals surface area contributed by atoms with Gasteiger partial charge >= 0.3 is 5.97 Å². The van der Waals surface area contributed by atoms with Crippen LogP contribution < -0.4 is 0 Å². The molecule has 0 unspecified atom stereocenters. The van der Waals surface area contributed by atoms with Crippen LogP contribution in [0.25, 0.3) is 10.9 Å². The van der Waals surface area contributed by atoms with Crippen LogP contribution in [0.4, 0.5) is 0 Å². The van der Waals surface area contributed by atoms with E-state index in [4.69, 9.17) is 5.11 Å². The van der Waals surface area contributed by atoms with Gasteiger partial charge in [0, 0.05) is 28.6 Å². The average Bonchev–Trinajstić information content (AvgIpc) is 2.63. The van der Waals surface area contributed by atoms with Crippen LogP contribution in [-0.2, 0) is 4.79 Å². The van der Waals surface area contributed by atoms with E-state index in [9.17, 15) is 9.59 Å². The number of fused-ring (bicyclic) bond motifs is 1. The van der Waals surface area contributed by atoms with Gasteiger partial charge in [-0.05, 0) is 32.4 Å². The van der Waals surface area contributed by atoms with Gasteiger partial charge < -0.3 is 10.1 Å². The van der Waals surface area contributed by atoms with Crippen molar-refractivity contribution in [2.24, 2.45) is 0 Å². The number of carbonyl (C=O) groups excluding carboxylic acids is 1. The number of aliphatic carboxylic acids is 1. The Hall–Kier alpha value is -2.10. The van der Waals surface area contributed by atoms with Crippen molar-refractivity contribution in [3.63, 3.8) is 0 Å². The first-order chi connectivity index (χ1) is 8.90. The van der Waals surface area contributed by atoms with Crippen molar-refractivity contribution in [2.75, 3.05) is 0 Å². The summed E-state index contributed by atoms with van der Waals surface area (Å²) in [5, 5.41) is 9.56. The van der Waals surface area contributed by atoms with Crippen molar-refractivity contribution in [1.29, 1.82) is 0 Å². The highest BCUT2D eigenvalue weighted by Gasteiger charge is 2.17. The van der Waals surface area contributed by atoms with Gasteiger partial charge in [0.1, 0.15) is 0 Å². The monoisotopic (exact) mass is 259 g/mol. The summed E-state index contributed by atoms with van der Waals surface area (Å²) >= 11 is 0. The van der Waals surface area contributed by atoms with E-state index < -0.39 is 5.97 Å². The number of aryl methyl sites for hydroxylation is 3. The van der Waals surface area contributed by atoms with Gasteiger partial charge in [0.2, 0.25) is 0 Å². The van der Waals surface area contributed by atoms with Gasteiger partial charge in [0.15, 0.2) is 5.78 Å². The summed E-state index contributed by atoms with van der Waals surface area (Å²) in [6.45, 7) is 5.83. The van der Waals surface area contributed by atoms with Gasteiger partial charge in [-0.25, -0.2) is 0 Å². The third-order valence-electron chi connectivity index (χ3n) is 3.28. The van der Waals surface area contributed by atoms with Crippen LogP contribution in [0.2, 0.25) is 0 Å². The van der Waals surface area contributed by atoms with Crippen LogP contribution in [0.5, 0.6) is 0 Å². The molecule has 4 heteroatoms. The summed E-state index contributed by atoms with van der Waals surface area (Å²) in [5.74, 6) is -1.06. The van der Waals surface area contributed by atoms with Crippen LogP contribution in [0, 0.1) is 20.8 Å². The number of carbonyl (C=O) groups is 2. The van der Waals surface area contributed by atoms with Crippen molar-refractivity contribution in [3.8, 4) is 0 Å². The number of ketones is 1. The Morgan fingerprint density at radius 3 is 2.47 bits per heavy atom. The zero-order chi connectivity index (χ0) is 14.2. The lowest BCUT2D eigenvalue weighted by molar-refractivity contribution is -0.136. The molecule has 0 atom stereocenters. The number of hydrogen-bond donors (Lipinski definition) is 2. The Kier molecular flexibility index (Phi) is 3.42. The van der Waals surface area contributed by atoms with E-state index in [-0.39, 0.29) is 18.6 Å². The third kappa shape index (κ3) is 2.52. The molecule has 2 rings (SSSR count). The molecule has 4 nitrogen and oxygen atoms in total. The second-order valence-corrected chi connectivity index (χ2v) is 4.95. The maximum absolute atomic E-state index is 12.2. The molecule has 0 aliphatic carbocycles. The molecule has 0 fully saturated rings. The lowest BCUT2D eigenvalue weighted by Crippen LogP contribution is -2.04. The van der Waals surface area contributed by atoms with Crippen molar-refractivity contribution in [1.82, 2.24) is 4.98 Å². The number of aromatic nitrogens is 1. The number of benzene rings is 1. The SMILES string of the molecule is Cc1cc(C)c2[nH]c(C)c(C(=O)CCC(=O)O)c2c1. The molecule has 1 aromatic carbocycles. The first-order valence-electron chi connectivity index (χ1n) is 6.24. The number of H-pyrrole nitrogens is 1. The summed E-state index contributed by atoms with van der Waals surface area (Å²) in [4.78, 5) is 26.0. The zero-order valence-corrected chi connectivity index (χ0v) is 11.3. The molecule has 0 aliphatic rings. The molecule has 2 aromatic rings. The van der Waals surface area contributed by atoms with E-state index in [1.807, 2.05) is 26.8 Å². The summed E-state index contributed by atoms with van der Waals surface area (Å²) in [6.07, 6.45) is -0.0914. The predicted octanol–water partition coefficient (Wildman–Crippen LogP) is 3.14. The van der Waals surface area contributed by atoms with Gasteiger partial charge in [-0.3, -0.25) is 9.59 Å². The highest BCUT2D eigenvalue weighted by atomic mass is 16.4. The van der Waals surface area contributed by atoms with Crippen molar-refractivity contribution in [3.05, 3.63) is 34.5 Å². The molecule has 0 radical (unpaired) electrons. The van der Waals surface area contributed by atoms with Crippen LogP contribution >= 0.6 is 0 Å². The average molecular weight is 259 g/mol. The Morgan fingerprint density at radius 2 is 1.84 bits per heavy atom. The van der Waals surface area contributed by atoms with Crippen LogP contribution in [0.3, 0.4) is 0 Å². The molecular formula is C15H17NO3. The highest BCUT2D eigenvalue weighted by molar-refractivity contribution is 6.10. The molecule has 0 bridgehead atoms. The number of nitrogens with one attached hydrogen (secondary N) is 1. The standard InChI is InChI=1S/C15H17NO3/c1-8-6-9(2)15-11(7-8)14(10(3)16-15)12(17)4-5-13(18)19/h6-7,16H,4-5H2,1-3H3,(H,18,19). The molecule has 0 aliphatic heterocycles. The van der Waals surface area contributed by atoms with E-state index in [1.165, 1.54) is 0 Å². The Morgan fingerprint density at radius 1 is 1.16 bits per heavy atom. The summed E-state index contributed by atoms with van der Waals surface area (Å²) in [6, 6.07) is 4.03. The number of rotatable bonds is 4. The fraction of sp³-hybridized carbons (Fsp3) is 0.333. The molecule has 1 heterocycles. The van der Waals surface area contributed by atoms with E-state index in [2.05, 4.69) is 11.1 Å². The Bertz CT molecular complexity index is 668. The van der Waals surface area contributed by atoms with Gasteiger partial charge in [-0.2, -0.15) is 0 Å². The maximum atomic E-state index is 12.2. The maximum Gasteiger partial charge on any atom is 0.303 e. The molecule has 0 amide bonds. The van der Waals surface area contributed by atoms with Crippen LogP contribution in [0.1, 0.15) is 40.0 Å². The Labute approximate surface area is 111 Å². The van der Waals surface area contributed by atoms with Gasteiger partial charge in [0.25, 0.3) is 0 Å². The molecule has 0 saturated heterocycles. The van der Waals surface area contributed by atoms with Gasteiger partial charge in [-0.15, -0.1) is 0 Å². The molecule has 0 saturated carbocycles. The Balaban J connectivity index is 2.51. The number of carboxylic acid groups (broad SMARTS) is 1. The molecule has 0 spiro atoms. The van der Waals surface area contributed by atoms with Gasteiger partial charge in [0.05, 0.1) is 6.42 Å². The normalized spacial score (nSPS) is 10.9. The lowest BCUT2D eigenvalue weighted by Gasteiger charge is -2.02. The van der Waals surface area contributed by atoms with Crippen LogP contribution in [0.15, 0.2) is 12.1 Å². The third-order valence-corrected chi connectivity index (χ3v) is 3.28. The largest absolute Gasteiger partial charge is 0.481 e. The number of aromatic amines is 1. The fourth-order valence-electron chi connectivity index (χ4n) is 2.49. The predicted molar refractivity (Wildman–Crippen MR) is 73.7 cm³/mol. The van der Waals surface area contributed by atoms with Crippen molar-refractivity contribution >= 4 is 22.7 Å². The molecule has 2 N–H and O–H groups in total. The van der Waals surface area contributed by atoms with E-state index in [0.717, 1.165) is 27.7 Å². The molecule has 100 valence electrons. The molecule has 1 aromatic heterocycles. The van der Waals surface area contributed by atoms with E-state index in [1.54, 1.807) is 0 Å². The zero-order valence-electron chi connectivity index (χ0n) is 11.3. The quantitative estimate of drug-likeness (QED) is 0.829. The summed E-state index contributed by atoms with van der Waals surface area (Å²) < 4.78 is 0. The molecular weight excluding hydrogens is 242 g/mol. The minimum Gasteiger partial charge on any atom is -0.481 e. The number of Topliss-reactive ketones (excluding diaryl/α,β-unsaturated/α-hetero) is 1. The minimum absolute atomic E-state index is 0.0378. The van der Waals surface area contributed by atoms with Crippen molar-refractivity contribution in [2.45, 2.75) is 33.6 Å². The first kappa shape index (κ1) is 13.3. The summed E-state index contributed by atoms with van der Waals surface area (Å²) in [5.41, 5.74) is 4.58. The number of carboxylic acids is 1. The smallest absolute Gasteiger partial charge is 0.303 e. The highest BCUT2D eigenvalue weighted by Crippen LogP contribution is 2.27. The second kappa shape index (κ2) is 4.88. The number of hydrogen-bond acceptors (Lipinski definition) is 2. The van der Waals surface area contributed by atoms with Gasteiger partial charge in [-0.1, -0.05) is 11.6 Å². The lowest BCUT2D eigenvalue weighted by atomic mass is 10.0. The molecule has 19 heavy (non-hydrogen) atoms. The summed E-state index contributed by atoms with van der Waals surface area (Å²) in [7, 11) is 0. The van der Waals surface area contributed by atoms with E-state index in [0.29, 0.717) is 5.56 Å². The van der Waals surface area contributed by atoms with Crippen molar-refractivity contribution < 1.29 is 14.7 Å². The van der Waals surface area contributed by atoms with E-state index >= 15 is 0 Å². The van der Waals surface area contributed by atoms with Crippen LogP contribution in [-0.4, -0.2) is 21.8 Å².